The fraction of sp³-hybridized carbons (Fsp3) is 0.414. The first-order valence-electron chi connectivity index (χ1n) is 12.4. The minimum atomic E-state index is -3.77. The number of nitrogens with zero attached hydrogens (tertiary/aromatic N) is 6. The third-order valence-electron chi connectivity index (χ3n) is 5.04. The molecule has 0 aliphatic heterocycles. The number of azide groups is 2. The van der Waals surface area contributed by atoms with Gasteiger partial charge in [0.1, 0.15) is 6.10 Å². The lowest BCUT2D eigenvalue weighted by Gasteiger charge is -2.22. The maximum absolute atomic E-state index is 13.5. The van der Waals surface area contributed by atoms with Gasteiger partial charge in [0, 0.05) is 9.82 Å². The molecule has 0 saturated carbocycles. The molecule has 0 spiro atoms. The van der Waals surface area contributed by atoms with Gasteiger partial charge in [-0.2, -0.15) is 0 Å². The van der Waals surface area contributed by atoms with Gasteiger partial charge in [-0.15, -0.1) is 6.58 Å². The van der Waals surface area contributed by atoms with Gasteiger partial charge >= 0.3 is 5.97 Å². The summed E-state index contributed by atoms with van der Waals surface area (Å²) in [5.41, 5.74) is 18.8. The van der Waals surface area contributed by atoms with Crippen LogP contribution in [0.5, 0.6) is 0 Å². The zero-order valence-electron chi connectivity index (χ0n) is 23.5. The first kappa shape index (κ1) is 40.8. The van der Waals surface area contributed by atoms with Gasteiger partial charge in [0.2, 0.25) is 6.10 Å². The van der Waals surface area contributed by atoms with Crippen molar-refractivity contribution < 1.29 is 36.9 Å². The summed E-state index contributed by atoms with van der Waals surface area (Å²) in [5, 5.41) is 14.3. The second kappa shape index (κ2) is 22.3. The van der Waals surface area contributed by atoms with Crippen molar-refractivity contribution in [2.45, 2.75) is 65.5 Å². The van der Waals surface area contributed by atoms with E-state index in [2.05, 4.69) is 46.6 Å². The molecule has 2 aromatic rings. The molecule has 0 aliphatic rings. The van der Waals surface area contributed by atoms with E-state index in [1.807, 2.05) is 13.0 Å². The topological polar surface area (TPSA) is 153 Å². The van der Waals surface area contributed by atoms with Gasteiger partial charge in [-0.25, -0.2) is 22.4 Å². The van der Waals surface area contributed by atoms with Crippen molar-refractivity contribution in [1.29, 1.82) is 0 Å². The summed E-state index contributed by atoms with van der Waals surface area (Å²) < 4.78 is 63.8. The Morgan fingerprint density at radius 1 is 0.907 bits per heavy atom. The van der Waals surface area contributed by atoms with Crippen LogP contribution in [0.15, 0.2) is 95.2 Å². The van der Waals surface area contributed by atoms with Gasteiger partial charge in [0.05, 0.1) is 26.3 Å². The van der Waals surface area contributed by atoms with E-state index in [1.54, 1.807) is 54.6 Å². The maximum Gasteiger partial charge on any atom is 0.339 e. The predicted molar refractivity (Wildman–Crippen MR) is 158 cm³/mol. The fourth-order valence-corrected chi connectivity index (χ4v) is 2.67. The largest absolute Gasteiger partial charge is 0.479 e. The van der Waals surface area contributed by atoms with Crippen LogP contribution < -0.4 is 0 Å². The standard InChI is InChI=1S/C12H13F2N3O.C11H11F2N3O3.C5H10.CH4/c1-2-11(12(13,14)9-16-17-15)18-8-10-6-4-3-5-7-10;12-11(13,7-15-16-14)9(10(17)18)19-6-8-4-2-1-3-5-8;1-4-5(2)3;/h2-7,11H,1,8-9H2;1-5,9H,6-7H2,(H,17,18);4H,1-3H3;1H4/t11-;9-;;/m11../s1. The van der Waals surface area contributed by atoms with E-state index in [9.17, 15) is 22.4 Å². The number of halogens is 4. The molecular weight excluding hydrogens is 572 g/mol. The average Bonchev–Trinajstić information content (AvgIpc) is 2.97. The molecule has 0 unspecified atom stereocenters. The summed E-state index contributed by atoms with van der Waals surface area (Å²) in [6, 6.07) is 17.3. The number of benzene rings is 2. The molecular formula is C29H38F4N6O4. The number of carbonyl (C=O) groups is 1. The molecule has 0 aromatic heterocycles. The number of hydrogen-bond donors (Lipinski definition) is 1. The smallest absolute Gasteiger partial charge is 0.339 e. The Kier molecular flexibility index (Phi) is 21.1. The van der Waals surface area contributed by atoms with Crippen molar-refractivity contribution in [2.75, 3.05) is 13.1 Å². The quantitative estimate of drug-likeness (QED) is 0.0745. The lowest BCUT2D eigenvalue weighted by atomic mass is 10.2. The normalized spacial score (nSPS) is 11.6. The van der Waals surface area contributed by atoms with Crippen LogP contribution in [0.2, 0.25) is 0 Å². The van der Waals surface area contributed by atoms with Gasteiger partial charge < -0.3 is 14.6 Å². The summed E-state index contributed by atoms with van der Waals surface area (Å²) in [4.78, 5) is 15.3. The number of carboxylic acid groups (broad SMARTS) is 1. The number of allylic oxidation sites excluding steroid dienone is 2. The average molecular weight is 611 g/mol. The van der Waals surface area contributed by atoms with Crippen molar-refractivity contribution in [2.24, 2.45) is 10.2 Å². The van der Waals surface area contributed by atoms with Gasteiger partial charge in [-0.3, -0.25) is 0 Å². The highest BCUT2D eigenvalue weighted by molar-refractivity contribution is 5.73. The molecule has 43 heavy (non-hydrogen) atoms. The Morgan fingerprint density at radius 3 is 1.65 bits per heavy atom. The second-order valence-corrected chi connectivity index (χ2v) is 8.63. The molecule has 10 nitrogen and oxygen atoms in total. The van der Waals surface area contributed by atoms with Gasteiger partial charge in [-0.1, -0.05) is 96.0 Å². The van der Waals surface area contributed by atoms with E-state index >= 15 is 0 Å². The molecule has 0 radical (unpaired) electrons. The van der Waals surface area contributed by atoms with E-state index in [0.29, 0.717) is 5.56 Å². The number of rotatable bonds is 14. The van der Waals surface area contributed by atoms with Crippen LogP contribution in [-0.2, 0) is 27.5 Å². The number of hydrogen-bond acceptors (Lipinski definition) is 5. The molecule has 0 aliphatic carbocycles. The molecule has 0 saturated heterocycles. The first-order chi connectivity index (χ1) is 19.8. The minimum absolute atomic E-state index is 0. The van der Waals surface area contributed by atoms with Crippen LogP contribution >= 0.6 is 0 Å². The summed E-state index contributed by atoms with van der Waals surface area (Å²) in [6.07, 6.45) is -0.753. The summed E-state index contributed by atoms with van der Waals surface area (Å²) in [6.45, 7) is 7.06. The molecule has 0 bridgehead atoms. The molecule has 0 amide bonds. The van der Waals surface area contributed by atoms with E-state index in [0.717, 1.165) is 11.6 Å². The number of alkyl halides is 4. The summed E-state index contributed by atoms with van der Waals surface area (Å²) in [7, 11) is 0. The Balaban J connectivity index is 0. The van der Waals surface area contributed by atoms with Gasteiger partial charge in [0.15, 0.2) is 0 Å². The molecule has 0 fully saturated rings. The zero-order chi connectivity index (χ0) is 32.0. The SMILES string of the molecule is C.C=C[C@@H](OCc1ccccc1)C(F)(F)CN=[N+]=[N-].CC=C(C)C.[N-]=[N+]=NCC(F)(F)[C@H](OCc1ccccc1)C(=O)O. The van der Waals surface area contributed by atoms with Gasteiger partial charge in [0.25, 0.3) is 11.8 Å². The molecule has 2 rings (SSSR count). The maximum atomic E-state index is 13.5. The minimum Gasteiger partial charge on any atom is -0.479 e. The molecule has 14 heteroatoms. The Labute approximate surface area is 248 Å². The number of carboxylic acids is 1. The predicted octanol–water partition coefficient (Wildman–Crippen LogP) is 8.91. The van der Waals surface area contributed by atoms with Gasteiger partial charge in [-0.05, 0) is 43.0 Å². The Hall–Kier alpha value is -4.35. The van der Waals surface area contributed by atoms with Crippen LogP contribution in [0, 0.1) is 0 Å². The number of ether oxygens (including phenoxy) is 2. The van der Waals surface area contributed by atoms with Crippen molar-refractivity contribution in [1.82, 2.24) is 0 Å². The highest BCUT2D eigenvalue weighted by Gasteiger charge is 2.45. The second-order valence-electron chi connectivity index (χ2n) is 8.63. The van der Waals surface area contributed by atoms with Crippen LogP contribution in [0.4, 0.5) is 17.6 Å². The zero-order valence-corrected chi connectivity index (χ0v) is 23.5. The molecule has 2 atom stereocenters. The van der Waals surface area contributed by atoms with Crippen LogP contribution in [0.1, 0.15) is 39.3 Å². The lowest BCUT2D eigenvalue weighted by molar-refractivity contribution is -0.180. The fourth-order valence-electron chi connectivity index (χ4n) is 2.67. The first-order valence-corrected chi connectivity index (χ1v) is 12.4. The highest BCUT2D eigenvalue weighted by atomic mass is 19.3. The third kappa shape index (κ3) is 17.9. The highest BCUT2D eigenvalue weighted by Crippen LogP contribution is 2.25. The van der Waals surface area contributed by atoms with E-state index in [1.165, 1.54) is 5.57 Å². The summed E-state index contributed by atoms with van der Waals surface area (Å²) >= 11 is 0. The van der Waals surface area contributed by atoms with Crippen LogP contribution in [0.25, 0.3) is 20.9 Å². The van der Waals surface area contributed by atoms with Crippen LogP contribution in [0.3, 0.4) is 0 Å². The van der Waals surface area contributed by atoms with E-state index in [4.69, 9.17) is 25.6 Å². The van der Waals surface area contributed by atoms with Crippen molar-refractivity contribution in [3.8, 4) is 0 Å². The molecule has 0 heterocycles. The molecule has 236 valence electrons. The molecule has 1 N–H and O–H groups in total. The van der Waals surface area contributed by atoms with Crippen molar-refractivity contribution in [3.63, 3.8) is 0 Å². The van der Waals surface area contributed by atoms with E-state index < -0.39 is 43.1 Å². The van der Waals surface area contributed by atoms with E-state index in [-0.39, 0.29) is 20.6 Å². The van der Waals surface area contributed by atoms with Crippen molar-refractivity contribution >= 4 is 5.97 Å². The Bertz CT molecular complexity index is 1200. The van der Waals surface area contributed by atoms with Crippen LogP contribution in [-0.4, -0.2) is 48.2 Å². The Morgan fingerprint density at radius 2 is 1.30 bits per heavy atom. The monoisotopic (exact) mass is 610 g/mol. The third-order valence-corrected chi connectivity index (χ3v) is 5.04. The number of aliphatic carboxylic acids is 1. The molecule has 2 aromatic carbocycles. The lowest BCUT2D eigenvalue weighted by Crippen LogP contribution is -2.44. The van der Waals surface area contributed by atoms with Crippen molar-refractivity contribution in [3.05, 3.63) is 117 Å². The summed E-state index contributed by atoms with van der Waals surface area (Å²) in [5.74, 6) is -8.84.